The van der Waals surface area contributed by atoms with E-state index in [-0.39, 0.29) is 30.7 Å². The lowest BCUT2D eigenvalue weighted by atomic mass is 10.1. The number of aromatic nitrogens is 1. The summed E-state index contributed by atoms with van der Waals surface area (Å²) in [6, 6.07) is 0. The molecule has 1 aliphatic rings. The summed E-state index contributed by atoms with van der Waals surface area (Å²) in [6.45, 7) is 9.00. The second kappa shape index (κ2) is 10.4. The van der Waals surface area contributed by atoms with Crippen LogP contribution in [0.5, 0.6) is 0 Å². The Labute approximate surface area is 148 Å². The number of hydrogen-bond acceptors (Lipinski definition) is 5. The van der Waals surface area contributed by atoms with E-state index in [1.165, 1.54) is 11.3 Å². The van der Waals surface area contributed by atoms with Gasteiger partial charge in [0.15, 0.2) is 0 Å². The van der Waals surface area contributed by atoms with Crippen LogP contribution in [0.2, 0.25) is 0 Å². The molecule has 5 nitrogen and oxygen atoms in total. The van der Waals surface area contributed by atoms with E-state index in [9.17, 15) is 4.79 Å². The topological polar surface area (TPSA) is 71.2 Å². The molecule has 1 unspecified atom stereocenters. The summed E-state index contributed by atoms with van der Waals surface area (Å²) in [7, 11) is 0. The lowest BCUT2D eigenvalue weighted by molar-refractivity contribution is 0.0942. The molecule has 2 heterocycles. The van der Waals surface area contributed by atoms with Gasteiger partial charge in [0.05, 0.1) is 0 Å². The number of nitrogens with two attached hydrogens (primary N) is 1. The Kier molecular flexibility index (Phi) is 10.2. The van der Waals surface area contributed by atoms with Crippen LogP contribution in [0.4, 0.5) is 0 Å². The Hall–Kier alpha value is -0.400. The van der Waals surface area contributed by atoms with E-state index < -0.39 is 0 Å². The maximum Gasteiger partial charge on any atom is 0.270 e. The van der Waals surface area contributed by atoms with Gasteiger partial charge in [-0.2, -0.15) is 0 Å². The zero-order valence-corrected chi connectivity index (χ0v) is 15.5. The summed E-state index contributed by atoms with van der Waals surface area (Å²) in [6.07, 6.45) is 1.16. The molecule has 0 spiro atoms. The van der Waals surface area contributed by atoms with Crippen LogP contribution in [0.1, 0.15) is 35.8 Å². The van der Waals surface area contributed by atoms with Crippen molar-refractivity contribution in [2.24, 2.45) is 17.6 Å². The van der Waals surface area contributed by atoms with Crippen LogP contribution < -0.4 is 11.1 Å². The SMILES string of the molecule is CC(C)CN1CCC(CNC(=O)c2csc(CN)n2)C1.Cl.Cl. The number of nitrogens with one attached hydrogen (secondary N) is 1. The fourth-order valence-electron chi connectivity index (χ4n) is 2.60. The highest BCUT2D eigenvalue weighted by Crippen LogP contribution is 2.17. The first-order chi connectivity index (χ1) is 9.58. The molecule has 0 bridgehead atoms. The van der Waals surface area contributed by atoms with Gasteiger partial charge in [-0.1, -0.05) is 13.8 Å². The van der Waals surface area contributed by atoms with E-state index in [2.05, 4.69) is 29.0 Å². The van der Waals surface area contributed by atoms with Crippen LogP contribution in [-0.4, -0.2) is 42.0 Å². The summed E-state index contributed by atoms with van der Waals surface area (Å²) in [5.74, 6) is 1.18. The highest BCUT2D eigenvalue weighted by atomic mass is 35.5. The molecule has 1 aromatic rings. The van der Waals surface area contributed by atoms with Crippen molar-refractivity contribution in [3.8, 4) is 0 Å². The molecule has 2 rings (SSSR count). The van der Waals surface area contributed by atoms with Gasteiger partial charge in [0.25, 0.3) is 5.91 Å². The van der Waals surface area contributed by atoms with Gasteiger partial charge in [0, 0.05) is 31.6 Å². The van der Waals surface area contributed by atoms with Crippen molar-refractivity contribution in [1.29, 1.82) is 0 Å². The van der Waals surface area contributed by atoms with Gasteiger partial charge >= 0.3 is 0 Å². The largest absolute Gasteiger partial charge is 0.350 e. The lowest BCUT2D eigenvalue weighted by Crippen LogP contribution is -2.32. The van der Waals surface area contributed by atoms with E-state index in [4.69, 9.17) is 5.73 Å². The highest BCUT2D eigenvalue weighted by molar-refractivity contribution is 7.09. The fourth-order valence-corrected chi connectivity index (χ4v) is 3.25. The molecule has 1 fully saturated rings. The Balaban J connectivity index is 0.00000220. The first-order valence-corrected chi connectivity index (χ1v) is 8.11. The number of amides is 1. The standard InChI is InChI=1S/C14H24N4OS.2ClH/c1-10(2)7-18-4-3-11(8-18)6-16-14(19)12-9-20-13(5-15)17-12;;/h9-11H,3-8,15H2,1-2H3,(H,16,19);2*1H. The first kappa shape index (κ1) is 21.6. The van der Waals surface area contributed by atoms with E-state index >= 15 is 0 Å². The minimum atomic E-state index is -0.0803. The third-order valence-corrected chi connectivity index (χ3v) is 4.37. The minimum Gasteiger partial charge on any atom is -0.350 e. The first-order valence-electron chi connectivity index (χ1n) is 7.23. The maximum absolute atomic E-state index is 12.0. The van der Waals surface area contributed by atoms with Crippen LogP contribution in [-0.2, 0) is 6.54 Å². The third kappa shape index (κ3) is 6.38. The molecule has 3 N–H and O–H groups in total. The van der Waals surface area contributed by atoms with Gasteiger partial charge < -0.3 is 16.0 Å². The fraction of sp³-hybridized carbons (Fsp3) is 0.714. The Morgan fingerprint density at radius 1 is 1.55 bits per heavy atom. The van der Waals surface area contributed by atoms with Crippen LogP contribution >= 0.6 is 36.2 Å². The number of likely N-dealkylation sites (tertiary alicyclic amines) is 1. The zero-order valence-electron chi connectivity index (χ0n) is 13.1. The molecule has 0 aromatic carbocycles. The molecule has 0 saturated carbocycles. The monoisotopic (exact) mass is 368 g/mol. The third-order valence-electron chi connectivity index (χ3n) is 3.50. The van der Waals surface area contributed by atoms with Crippen molar-refractivity contribution in [2.45, 2.75) is 26.8 Å². The van der Waals surface area contributed by atoms with Gasteiger partial charge in [-0.05, 0) is 24.8 Å². The van der Waals surface area contributed by atoms with Crippen molar-refractivity contribution >= 4 is 42.1 Å². The van der Waals surface area contributed by atoms with Gasteiger partial charge in [0.1, 0.15) is 10.7 Å². The molecule has 1 amide bonds. The number of carbonyl (C=O) groups excluding carboxylic acids is 1. The molecular formula is C14H26Cl2N4OS. The Morgan fingerprint density at radius 3 is 2.86 bits per heavy atom. The molecule has 1 aliphatic heterocycles. The van der Waals surface area contributed by atoms with Gasteiger partial charge in [-0.3, -0.25) is 4.79 Å². The summed E-state index contributed by atoms with van der Waals surface area (Å²) in [5, 5.41) is 5.57. The molecule has 128 valence electrons. The van der Waals surface area contributed by atoms with E-state index in [0.717, 1.165) is 37.6 Å². The second-order valence-corrected chi connectivity index (χ2v) is 6.79. The van der Waals surface area contributed by atoms with Gasteiger partial charge in [-0.25, -0.2) is 4.98 Å². The van der Waals surface area contributed by atoms with Crippen molar-refractivity contribution in [3.63, 3.8) is 0 Å². The van der Waals surface area contributed by atoms with Gasteiger partial charge in [-0.15, -0.1) is 36.2 Å². The van der Waals surface area contributed by atoms with Crippen LogP contribution in [0.15, 0.2) is 5.38 Å². The van der Waals surface area contributed by atoms with Crippen molar-refractivity contribution in [1.82, 2.24) is 15.2 Å². The molecule has 1 saturated heterocycles. The minimum absolute atomic E-state index is 0. The second-order valence-electron chi connectivity index (χ2n) is 5.85. The molecular weight excluding hydrogens is 343 g/mol. The Bertz CT molecular complexity index is 456. The molecule has 22 heavy (non-hydrogen) atoms. The molecule has 8 heteroatoms. The summed E-state index contributed by atoms with van der Waals surface area (Å²) in [5.41, 5.74) is 6.00. The number of halogens is 2. The maximum atomic E-state index is 12.0. The number of carbonyl (C=O) groups is 1. The van der Waals surface area contributed by atoms with Crippen molar-refractivity contribution in [2.75, 3.05) is 26.2 Å². The average Bonchev–Trinajstić information content (AvgIpc) is 3.04. The zero-order chi connectivity index (χ0) is 14.5. The van der Waals surface area contributed by atoms with Crippen LogP contribution in [0, 0.1) is 11.8 Å². The number of hydrogen-bond donors (Lipinski definition) is 2. The quantitative estimate of drug-likeness (QED) is 0.806. The smallest absolute Gasteiger partial charge is 0.270 e. The average molecular weight is 369 g/mol. The number of rotatable bonds is 6. The van der Waals surface area contributed by atoms with Crippen molar-refractivity contribution in [3.05, 3.63) is 16.1 Å². The summed E-state index contributed by atoms with van der Waals surface area (Å²) < 4.78 is 0. The van der Waals surface area contributed by atoms with E-state index in [0.29, 0.717) is 24.1 Å². The molecule has 0 radical (unpaired) electrons. The number of nitrogens with zero attached hydrogens (tertiary/aromatic N) is 2. The summed E-state index contributed by atoms with van der Waals surface area (Å²) >= 11 is 1.44. The number of thiazole rings is 1. The molecule has 1 aromatic heterocycles. The predicted molar refractivity (Wildman–Crippen MR) is 96.2 cm³/mol. The lowest BCUT2D eigenvalue weighted by Gasteiger charge is -2.18. The summed E-state index contributed by atoms with van der Waals surface area (Å²) in [4.78, 5) is 18.7. The van der Waals surface area contributed by atoms with Crippen LogP contribution in [0.3, 0.4) is 0 Å². The van der Waals surface area contributed by atoms with Crippen molar-refractivity contribution < 1.29 is 4.79 Å². The highest BCUT2D eigenvalue weighted by Gasteiger charge is 2.23. The van der Waals surface area contributed by atoms with Gasteiger partial charge in [0.2, 0.25) is 0 Å². The molecule has 0 aliphatic carbocycles. The normalized spacial score (nSPS) is 17.9. The van der Waals surface area contributed by atoms with E-state index in [1.807, 2.05) is 0 Å². The predicted octanol–water partition coefficient (Wildman–Crippen LogP) is 2.15. The van der Waals surface area contributed by atoms with E-state index in [1.54, 1.807) is 5.38 Å². The Morgan fingerprint density at radius 2 is 2.27 bits per heavy atom. The van der Waals surface area contributed by atoms with Crippen LogP contribution in [0.25, 0.3) is 0 Å². The molecule has 1 atom stereocenters.